The standard InChI is InChI=1S/C16H22N4OS/c1-21-10-15-18-16-6-5-11(9-20(16)19-15)17-13-3-2-4-14-12(13)7-8-22-14/h7-8,11,13,17H,2-6,9-10H2,1H3/t11-,13+/m1/s1. The molecule has 0 amide bonds. The first-order valence-corrected chi connectivity index (χ1v) is 8.95. The average Bonchev–Trinajstić information content (AvgIpc) is 3.13. The maximum atomic E-state index is 5.13. The summed E-state index contributed by atoms with van der Waals surface area (Å²) < 4.78 is 7.19. The molecule has 0 aromatic carbocycles. The summed E-state index contributed by atoms with van der Waals surface area (Å²) >= 11 is 1.91. The molecule has 2 aromatic heterocycles. The molecule has 1 N–H and O–H groups in total. The second kappa shape index (κ2) is 6.10. The Labute approximate surface area is 134 Å². The molecule has 0 saturated heterocycles. The van der Waals surface area contributed by atoms with Gasteiger partial charge in [0.15, 0.2) is 5.82 Å². The zero-order valence-electron chi connectivity index (χ0n) is 12.9. The first-order chi connectivity index (χ1) is 10.8. The predicted molar refractivity (Wildman–Crippen MR) is 86.0 cm³/mol. The molecule has 0 spiro atoms. The number of hydrogen-bond donors (Lipinski definition) is 1. The minimum Gasteiger partial charge on any atom is -0.377 e. The Morgan fingerprint density at radius 1 is 1.41 bits per heavy atom. The van der Waals surface area contributed by atoms with Crippen LogP contribution in [0.25, 0.3) is 0 Å². The number of ether oxygens (including phenoxy) is 1. The number of aryl methyl sites for hydroxylation is 2. The molecule has 5 nitrogen and oxygen atoms in total. The smallest absolute Gasteiger partial charge is 0.176 e. The van der Waals surface area contributed by atoms with Gasteiger partial charge in [-0.15, -0.1) is 11.3 Å². The molecule has 0 bridgehead atoms. The fourth-order valence-electron chi connectivity index (χ4n) is 3.63. The van der Waals surface area contributed by atoms with Crippen molar-refractivity contribution in [3.05, 3.63) is 33.5 Å². The van der Waals surface area contributed by atoms with Gasteiger partial charge in [-0.25, -0.2) is 9.67 Å². The molecular formula is C16H22N4OS. The topological polar surface area (TPSA) is 52.0 Å². The van der Waals surface area contributed by atoms with Crippen molar-refractivity contribution in [1.29, 1.82) is 0 Å². The summed E-state index contributed by atoms with van der Waals surface area (Å²) in [5.74, 6) is 1.90. The van der Waals surface area contributed by atoms with E-state index in [0.717, 1.165) is 31.0 Å². The zero-order chi connectivity index (χ0) is 14.9. The van der Waals surface area contributed by atoms with E-state index >= 15 is 0 Å². The normalized spacial score (nSPS) is 24.0. The number of fused-ring (bicyclic) bond motifs is 2. The van der Waals surface area contributed by atoms with E-state index in [1.807, 2.05) is 11.3 Å². The Morgan fingerprint density at radius 3 is 3.27 bits per heavy atom. The second-order valence-corrected chi connectivity index (χ2v) is 7.21. The maximum absolute atomic E-state index is 5.13. The van der Waals surface area contributed by atoms with Gasteiger partial charge in [0.1, 0.15) is 12.4 Å². The van der Waals surface area contributed by atoms with Crippen LogP contribution in [0.2, 0.25) is 0 Å². The lowest BCUT2D eigenvalue weighted by atomic mass is 9.92. The van der Waals surface area contributed by atoms with Crippen LogP contribution in [-0.2, 0) is 30.7 Å². The summed E-state index contributed by atoms with van der Waals surface area (Å²) in [5, 5.41) is 10.7. The minimum atomic E-state index is 0.487. The van der Waals surface area contributed by atoms with Gasteiger partial charge >= 0.3 is 0 Å². The molecule has 3 heterocycles. The lowest BCUT2D eigenvalue weighted by Gasteiger charge is -2.31. The number of aromatic nitrogens is 3. The monoisotopic (exact) mass is 318 g/mol. The molecule has 0 saturated carbocycles. The Bertz CT molecular complexity index is 650. The number of nitrogens with one attached hydrogen (secondary N) is 1. The molecule has 2 atom stereocenters. The van der Waals surface area contributed by atoms with Gasteiger partial charge in [0.2, 0.25) is 0 Å². The summed E-state index contributed by atoms with van der Waals surface area (Å²) in [4.78, 5) is 6.12. The molecule has 1 aliphatic carbocycles. The van der Waals surface area contributed by atoms with E-state index in [4.69, 9.17) is 4.74 Å². The minimum absolute atomic E-state index is 0.487. The van der Waals surface area contributed by atoms with Gasteiger partial charge in [0.05, 0.1) is 6.54 Å². The van der Waals surface area contributed by atoms with Gasteiger partial charge in [-0.1, -0.05) is 0 Å². The fraction of sp³-hybridized carbons (Fsp3) is 0.625. The maximum Gasteiger partial charge on any atom is 0.176 e. The Balaban J connectivity index is 1.45. The lowest BCUT2D eigenvalue weighted by Crippen LogP contribution is -2.40. The molecule has 22 heavy (non-hydrogen) atoms. The van der Waals surface area contributed by atoms with Crippen molar-refractivity contribution in [2.75, 3.05) is 7.11 Å². The van der Waals surface area contributed by atoms with Gasteiger partial charge in [0, 0.05) is 30.5 Å². The van der Waals surface area contributed by atoms with Gasteiger partial charge in [-0.3, -0.25) is 0 Å². The van der Waals surface area contributed by atoms with E-state index in [1.165, 1.54) is 24.8 Å². The fourth-order valence-corrected chi connectivity index (χ4v) is 4.62. The van der Waals surface area contributed by atoms with Crippen molar-refractivity contribution < 1.29 is 4.74 Å². The predicted octanol–water partition coefficient (Wildman–Crippen LogP) is 2.47. The van der Waals surface area contributed by atoms with Crippen molar-refractivity contribution in [1.82, 2.24) is 20.1 Å². The van der Waals surface area contributed by atoms with E-state index in [9.17, 15) is 0 Å². The molecular weight excluding hydrogens is 296 g/mol. The van der Waals surface area contributed by atoms with Crippen LogP contribution in [0.5, 0.6) is 0 Å². The second-order valence-electron chi connectivity index (χ2n) is 6.21. The summed E-state index contributed by atoms with van der Waals surface area (Å²) in [5.41, 5.74) is 1.53. The van der Waals surface area contributed by atoms with Crippen LogP contribution in [0.15, 0.2) is 11.4 Å². The van der Waals surface area contributed by atoms with E-state index in [-0.39, 0.29) is 0 Å². The van der Waals surface area contributed by atoms with Crippen molar-refractivity contribution in [3.8, 4) is 0 Å². The quantitative estimate of drug-likeness (QED) is 0.941. The van der Waals surface area contributed by atoms with Gasteiger partial charge < -0.3 is 10.1 Å². The van der Waals surface area contributed by atoms with Crippen LogP contribution in [0, 0.1) is 0 Å². The van der Waals surface area contributed by atoms with E-state index in [1.54, 1.807) is 12.0 Å². The molecule has 1 aliphatic heterocycles. The highest BCUT2D eigenvalue weighted by Gasteiger charge is 2.27. The van der Waals surface area contributed by atoms with Gasteiger partial charge in [-0.2, -0.15) is 5.10 Å². The van der Waals surface area contributed by atoms with Crippen molar-refractivity contribution in [3.63, 3.8) is 0 Å². The van der Waals surface area contributed by atoms with E-state index in [0.29, 0.717) is 18.7 Å². The third-order valence-corrected chi connectivity index (χ3v) is 5.66. The highest BCUT2D eigenvalue weighted by atomic mass is 32.1. The van der Waals surface area contributed by atoms with Crippen molar-refractivity contribution in [2.24, 2.45) is 0 Å². The van der Waals surface area contributed by atoms with Crippen molar-refractivity contribution in [2.45, 2.75) is 57.3 Å². The highest BCUT2D eigenvalue weighted by molar-refractivity contribution is 7.10. The molecule has 4 rings (SSSR count). The van der Waals surface area contributed by atoms with Crippen LogP contribution >= 0.6 is 11.3 Å². The molecule has 0 fully saturated rings. The summed E-state index contributed by atoms with van der Waals surface area (Å²) in [6.45, 7) is 1.42. The third kappa shape index (κ3) is 2.71. The Morgan fingerprint density at radius 2 is 2.36 bits per heavy atom. The molecule has 0 unspecified atom stereocenters. The van der Waals surface area contributed by atoms with E-state index < -0.39 is 0 Å². The zero-order valence-corrected chi connectivity index (χ0v) is 13.7. The van der Waals surface area contributed by atoms with E-state index in [2.05, 4.69) is 31.5 Å². The number of rotatable bonds is 4. The first-order valence-electron chi connectivity index (χ1n) is 8.07. The van der Waals surface area contributed by atoms with Gasteiger partial charge in [0.25, 0.3) is 0 Å². The number of methoxy groups -OCH3 is 1. The van der Waals surface area contributed by atoms with Crippen LogP contribution in [0.3, 0.4) is 0 Å². The molecule has 2 aromatic rings. The number of nitrogens with zero attached hydrogens (tertiary/aromatic N) is 3. The molecule has 0 radical (unpaired) electrons. The van der Waals surface area contributed by atoms with Crippen LogP contribution in [-0.4, -0.2) is 27.9 Å². The summed E-state index contributed by atoms with van der Waals surface area (Å²) in [6.07, 6.45) is 5.94. The molecule has 6 heteroatoms. The lowest BCUT2D eigenvalue weighted by molar-refractivity contribution is 0.177. The average molecular weight is 318 g/mol. The number of thiophene rings is 1. The summed E-state index contributed by atoms with van der Waals surface area (Å²) in [7, 11) is 1.69. The highest BCUT2D eigenvalue weighted by Crippen LogP contribution is 2.34. The van der Waals surface area contributed by atoms with Crippen LogP contribution in [0.1, 0.15) is 47.4 Å². The summed E-state index contributed by atoms with van der Waals surface area (Å²) in [6, 6.07) is 3.31. The Kier molecular flexibility index (Phi) is 3.98. The third-order valence-electron chi connectivity index (χ3n) is 4.66. The number of hydrogen-bond acceptors (Lipinski definition) is 5. The SMILES string of the molecule is COCc1nc2n(n1)C[C@H](N[C@H]1CCCc3sccc31)CC2. The van der Waals surface area contributed by atoms with Gasteiger partial charge in [-0.05, 0) is 42.7 Å². The largest absolute Gasteiger partial charge is 0.377 e. The molecule has 118 valence electrons. The first kappa shape index (κ1) is 14.4. The van der Waals surface area contributed by atoms with Crippen molar-refractivity contribution >= 4 is 11.3 Å². The van der Waals surface area contributed by atoms with Crippen LogP contribution < -0.4 is 5.32 Å². The Hall–Kier alpha value is -1.24. The van der Waals surface area contributed by atoms with Crippen LogP contribution in [0.4, 0.5) is 0 Å². The molecule has 2 aliphatic rings.